The molecule has 0 bridgehead atoms. The molecular weight excluding hydrogens is 298 g/mol. The quantitative estimate of drug-likeness (QED) is 0.857. The highest BCUT2D eigenvalue weighted by atomic mass is 32.2. The Bertz CT molecular complexity index is 619. The molecule has 0 aromatic carbocycles. The first-order valence-electron chi connectivity index (χ1n) is 8.10. The van der Waals surface area contributed by atoms with Crippen LogP contribution in [0, 0.1) is 5.41 Å². The van der Waals surface area contributed by atoms with Crippen LogP contribution in [-0.4, -0.2) is 43.9 Å². The second-order valence-electron chi connectivity index (χ2n) is 7.15. The number of hydrogen-bond acceptors (Lipinski definition) is 4. The van der Waals surface area contributed by atoms with Crippen molar-refractivity contribution in [3.05, 3.63) is 18.3 Å². The van der Waals surface area contributed by atoms with Crippen LogP contribution in [0.5, 0.6) is 0 Å². The van der Waals surface area contributed by atoms with E-state index in [1.54, 1.807) is 10.4 Å². The second-order valence-corrected chi connectivity index (χ2v) is 9.09. The molecule has 6 heteroatoms. The Balaban J connectivity index is 1.78. The summed E-state index contributed by atoms with van der Waals surface area (Å²) in [6.45, 7) is 7.76. The number of piperidine rings is 1. The summed E-state index contributed by atoms with van der Waals surface area (Å²) >= 11 is 0. The average molecular weight is 323 g/mol. The Morgan fingerprint density at radius 1 is 1.09 bits per heavy atom. The molecule has 2 saturated heterocycles. The molecule has 0 radical (unpaired) electrons. The van der Waals surface area contributed by atoms with Gasteiger partial charge in [-0.25, -0.2) is 13.4 Å². The predicted octanol–water partition coefficient (Wildman–Crippen LogP) is 2.49. The van der Waals surface area contributed by atoms with Gasteiger partial charge in [0.25, 0.3) is 0 Å². The topological polar surface area (TPSA) is 53.5 Å². The summed E-state index contributed by atoms with van der Waals surface area (Å²) in [4.78, 5) is 7.00. The average Bonchev–Trinajstić information content (AvgIpc) is 3.01. The lowest BCUT2D eigenvalue weighted by atomic mass is 9.84. The number of sulfonamides is 1. The van der Waals surface area contributed by atoms with Crippen LogP contribution in [-0.2, 0) is 10.0 Å². The molecular formula is C16H25N3O2S. The molecule has 2 aliphatic rings. The number of aromatic nitrogens is 1. The zero-order valence-corrected chi connectivity index (χ0v) is 14.3. The van der Waals surface area contributed by atoms with E-state index in [2.05, 4.69) is 23.7 Å². The molecule has 2 aliphatic heterocycles. The minimum absolute atomic E-state index is 0.292. The van der Waals surface area contributed by atoms with Crippen molar-refractivity contribution in [2.75, 3.05) is 31.1 Å². The Kier molecular flexibility index (Phi) is 4.16. The third kappa shape index (κ3) is 3.13. The number of nitrogens with zero attached hydrogens (tertiary/aromatic N) is 3. The van der Waals surface area contributed by atoms with Gasteiger partial charge in [0.15, 0.2) is 0 Å². The fraction of sp³-hybridized carbons (Fsp3) is 0.688. The predicted molar refractivity (Wildman–Crippen MR) is 87.5 cm³/mol. The molecule has 2 fully saturated rings. The van der Waals surface area contributed by atoms with Gasteiger partial charge in [-0.1, -0.05) is 13.8 Å². The van der Waals surface area contributed by atoms with E-state index in [1.165, 1.54) is 12.6 Å². The standard InChI is InChI=1S/C16H25N3O2S/c1-16(2)8-5-9-18(13-16)15-7-6-14(12-17-15)22(20,21)19-10-3-4-11-19/h6-7,12H,3-5,8-11,13H2,1-2H3. The SMILES string of the molecule is CC1(C)CCCN(c2ccc(S(=O)(=O)N3CCCC3)cn2)C1. The van der Waals surface area contributed by atoms with Gasteiger partial charge in [-0.3, -0.25) is 0 Å². The molecule has 0 aliphatic carbocycles. The molecule has 0 saturated carbocycles. The largest absolute Gasteiger partial charge is 0.356 e. The highest BCUT2D eigenvalue weighted by molar-refractivity contribution is 7.89. The van der Waals surface area contributed by atoms with Gasteiger partial charge in [-0.2, -0.15) is 4.31 Å². The Morgan fingerprint density at radius 3 is 2.41 bits per heavy atom. The van der Waals surface area contributed by atoms with Gasteiger partial charge in [-0.15, -0.1) is 0 Å². The highest BCUT2D eigenvalue weighted by Gasteiger charge is 2.29. The minimum Gasteiger partial charge on any atom is -0.356 e. The van der Waals surface area contributed by atoms with Crippen molar-refractivity contribution in [1.82, 2.24) is 9.29 Å². The maximum absolute atomic E-state index is 12.5. The van der Waals surface area contributed by atoms with E-state index < -0.39 is 10.0 Å². The summed E-state index contributed by atoms with van der Waals surface area (Å²) in [6, 6.07) is 3.56. The summed E-state index contributed by atoms with van der Waals surface area (Å²) < 4.78 is 26.6. The van der Waals surface area contributed by atoms with E-state index in [0.717, 1.165) is 38.2 Å². The second kappa shape index (κ2) is 5.81. The summed E-state index contributed by atoms with van der Waals surface area (Å²) in [6.07, 6.45) is 5.80. The maximum Gasteiger partial charge on any atom is 0.244 e. The smallest absolute Gasteiger partial charge is 0.244 e. The van der Waals surface area contributed by atoms with Crippen molar-refractivity contribution in [2.24, 2.45) is 5.41 Å². The molecule has 0 atom stereocenters. The first-order valence-corrected chi connectivity index (χ1v) is 9.54. The fourth-order valence-corrected chi connectivity index (χ4v) is 4.87. The Morgan fingerprint density at radius 2 is 1.82 bits per heavy atom. The van der Waals surface area contributed by atoms with E-state index >= 15 is 0 Å². The zero-order valence-electron chi connectivity index (χ0n) is 13.5. The van der Waals surface area contributed by atoms with Crippen LogP contribution < -0.4 is 4.90 Å². The van der Waals surface area contributed by atoms with Gasteiger partial charge < -0.3 is 4.90 Å². The molecule has 5 nitrogen and oxygen atoms in total. The molecule has 1 aromatic rings. The molecule has 3 heterocycles. The molecule has 0 amide bonds. The third-order valence-electron chi connectivity index (χ3n) is 4.65. The van der Waals surface area contributed by atoms with Crippen molar-refractivity contribution >= 4 is 15.8 Å². The van der Waals surface area contributed by atoms with Crippen LogP contribution in [0.4, 0.5) is 5.82 Å². The van der Waals surface area contributed by atoms with Crippen molar-refractivity contribution < 1.29 is 8.42 Å². The molecule has 122 valence electrons. The van der Waals surface area contributed by atoms with E-state index in [9.17, 15) is 8.42 Å². The van der Waals surface area contributed by atoms with Gasteiger partial charge in [0.05, 0.1) is 0 Å². The molecule has 1 aromatic heterocycles. The monoisotopic (exact) mass is 323 g/mol. The zero-order chi connectivity index (χ0) is 15.8. The molecule has 0 spiro atoms. The summed E-state index contributed by atoms with van der Waals surface area (Å²) in [7, 11) is -3.36. The first kappa shape index (κ1) is 15.7. The van der Waals surface area contributed by atoms with Gasteiger partial charge in [0.1, 0.15) is 10.7 Å². The lowest BCUT2D eigenvalue weighted by Gasteiger charge is -2.38. The van der Waals surface area contributed by atoms with Gasteiger partial charge in [-0.05, 0) is 43.2 Å². The van der Waals surface area contributed by atoms with Gasteiger partial charge in [0.2, 0.25) is 10.0 Å². The van der Waals surface area contributed by atoms with Crippen LogP contribution in [0.15, 0.2) is 23.2 Å². The Labute approximate surface area is 133 Å². The normalized spacial score (nSPS) is 22.9. The van der Waals surface area contributed by atoms with Crippen molar-refractivity contribution in [3.8, 4) is 0 Å². The van der Waals surface area contributed by atoms with Crippen molar-refractivity contribution in [1.29, 1.82) is 0 Å². The minimum atomic E-state index is -3.36. The van der Waals surface area contributed by atoms with Crippen LogP contribution in [0.2, 0.25) is 0 Å². The molecule has 0 unspecified atom stereocenters. The van der Waals surface area contributed by atoms with Crippen molar-refractivity contribution in [2.45, 2.75) is 44.4 Å². The Hall–Kier alpha value is -1.14. The summed E-state index contributed by atoms with van der Waals surface area (Å²) in [5.74, 6) is 0.883. The third-order valence-corrected chi connectivity index (χ3v) is 6.53. The van der Waals surface area contributed by atoms with Crippen LogP contribution >= 0.6 is 0 Å². The lowest BCUT2D eigenvalue weighted by molar-refractivity contribution is 0.292. The van der Waals surface area contributed by atoms with E-state index in [4.69, 9.17) is 0 Å². The van der Waals surface area contributed by atoms with Crippen molar-refractivity contribution in [3.63, 3.8) is 0 Å². The fourth-order valence-electron chi connectivity index (χ4n) is 3.41. The summed E-state index contributed by atoms with van der Waals surface area (Å²) in [5, 5.41) is 0. The maximum atomic E-state index is 12.5. The number of pyridine rings is 1. The first-order chi connectivity index (χ1) is 10.4. The van der Waals surface area contributed by atoms with Gasteiger partial charge in [0, 0.05) is 32.4 Å². The molecule has 0 N–H and O–H groups in total. The number of anilines is 1. The summed E-state index contributed by atoms with van der Waals surface area (Å²) in [5.41, 5.74) is 0.292. The van der Waals surface area contributed by atoms with Gasteiger partial charge >= 0.3 is 0 Å². The van der Waals surface area contributed by atoms with Crippen LogP contribution in [0.1, 0.15) is 39.5 Å². The van der Waals surface area contributed by atoms with E-state index in [-0.39, 0.29) is 0 Å². The number of rotatable bonds is 3. The van der Waals surface area contributed by atoms with E-state index in [0.29, 0.717) is 23.4 Å². The molecule has 22 heavy (non-hydrogen) atoms. The number of hydrogen-bond donors (Lipinski definition) is 0. The lowest BCUT2D eigenvalue weighted by Crippen LogP contribution is -2.40. The van der Waals surface area contributed by atoms with E-state index in [1.807, 2.05) is 6.07 Å². The highest BCUT2D eigenvalue weighted by Crippen LogP contribution is 2.31. The molecule has 3 rings (SSSR count). The van der Waals surface area contributed by atoms with Crippen LogP contribution in [0.25, 0.3) is 0 Å². The van der Waals surface area contributed by atoms with Crippen LogP contribution in [0.3, 0.4) is 0 Å².